The molecule has 0 saturated carbocycles. The summed E-state index contributed by atoms with van der Waals surface area (Å²) >= 11 is 0. The Morgan fingerprint density at radius 1 is 0.364 bits per heavy atom. The first-order chi connectivity index (χ1) is 26.9. The van der Waals surface area contributed by atoms with Gasteiger partial charge in [-0.2, -0.15) is 0 Å². The van der Waals surface area contributed by atoms with Crippen LogP contribution in [0.25, 0.3) is 0 Å². The molecule has 0 aromatic heterocycles. The number of rotatable bonds is 44. The van der Waals surface area contributed by atoms with E-state index < -0.39 is 6.10 Å². The van der Waals surface area contributed by atoms with Gasteiger partial charge in [-0.05, 0) is 25.2 Å². The molecule has 0 saturated heterocycles. The van der Waals surface area contributed by atoms with Gasteiger partial charge in [-0.25, -0.2) is 0 Å². The minimum absolute atomic E-state index is 0.0644. The Kier molecular flexibility index (Phi) is 42.3. The fourth-order valence-corrected chi connectivity index (χ4v) is 7.30. The monoisotopic (exact) mass is 779 g/mol. The molecule has 0 N–H and O–H groups in total. The van der Waals surface area contributed by atoms with Crippen molar-refractivity contribution in [3.05, 3.63) is 0 Å². The first-order valence-corrected chi connectivity index (χ1v) is 24.4. The number of ether oxygens (including phenoxy) is 3. The van der Waals surface area contributed by atoms with Gasteiger partial charge in [-0.1, -0.05) is 233 Å². The third-order valence-corrected chi connectivity index (χ3v) is 11.4. The van der Waals surface area contributed by atoms with Crippen molar-refractivity contribution in [2.45, 2.75) is 278 Å². The van der Waals surface area contributed by atoms with Crippen molar-refractivity contribution in [1.82, 2.24) is 0 Å². The summed E-state index contributed by atoms with van der Waals surface area (Å²) in [4.78, 5) is 37.7. The zero-order valence-electron chi connectivity index (χ0n) is 37.4. The Morgan fingerprint density at radius 2 is 0.636 bits per heavy atom. The molecule has 1 unspecified atom stereocenters. The third-order valence-electron chi connectivity index (χ3n) is 11.4. The highest BCUT2D eigenvalue weighted by molar-refractivity contribution is 5.71. The Hall–Kier alpha value is -1.59. The molecule has 326 valence electrons. The second kappa shape index (κ2) is 43.5. The number of hydrogen-bond acceptors (Lipinski definition) is 6. The number of esters is 3. The second-order valence-corrected chi connectivity index (χ2v) is 17.0. The number of carbonyl (C=O) groups is 3. The Balaban J connectivity index is 4.22. The molecule has 6 heteroatoms. The molecule has 0 aromatic carbocycles. The summed E-state index contributed by atoms with van der Waals surface area (Å²) in [6, 6.07) is 0. The van der Waals surface area contributed by atoms with Crippen molar-refractivity contribution >= 4 is 17.9 Å². The minimum Gasteiger partial charge on any atom is -0.462 e. The summed E-state index contributed by atoms with van der Waals surface area (Å²) in [7, 11) is 0. The van der Waals surface area contributed by atoms with E-state index in [1.54, 1.807) is 0 Å². The van der Waals surface area contributed by atoms with Crippen LogP contribution in [-0.4, -0.2) is 37.2 Å². The van der Waals surface area contributed by atoms with Gasteiger partial charge in [0.2, 0.25) is 0 Å². The van der Waals surface area contributed by atoms with Crippen LogP contribution in [-0.2, 0) is 28.6 Å². The average molecular weight is 779 g/mol. The van der Waals surface area contributed by atoms with Crippen LogP contribution in [0.4, 0.5) is 0 Å². The van der Waals surface area contributed by atoms with E-state index in [2.05, 4.69) is 27.7 Å². The molecule has 0 heterocycles. The normalized spacial score (nSPS) is 12.4. The van der Waals surface area contributed by atoms with E-state index in [-0.39, 0.29) is 31.1 Å². The van der Waals surface area contributed by atoms with Crippen LogP contribution in [0.2, 0.25) is 0 Å². The zero-order chi connectivity index (χ0) is 40.3. The van der Waals surface area contributed by atoms with Crippen molar-refractivity contribution < 1.29 is 28.6 Å². The van der Waals surface area contributed by atoms with Gasteiger partial charge in [0.15, 0.2) is 6.10 Å². The van der Waals surface area contributed by atoms with E-state index in [0.29, 0.717) is 19.3 Å². The molecule has 0 aromatic rings. The van der Waals surface area contributed by atoms with E-state index in [4.69, 9.17) is 14.2 Å². The van der Waals surface area contributed by atoms with Crippen LogP contribution in [0.3, 0.4) is 0 Å². The summed E-state index contributed by atoms with van der Waals surface area (Å²) < 4.78 is 16.7. The van der Waals surface area contributed by atoms with Crippen LogP contribution in [0.5, 0.6) is 0 Å². The van der Waals surface area contributed by atoms with Crippen molar-refractivity contribution in [2.24, 2.45) is 5.92 Å². The molecule has 0 aliphatic carbocycles. The largest absolute Gasteiger partial charge is 0.462 e. The Morgan fingerprint density at radius 3 is 0.945 bits per heavy atom. The Labute approximate surface area is 342 Å². The first kappa shape index (κ1) is 53.4. The van der Waals surface area contributed by atoms with Crippen molar-refractivity contribution in [2.75, 3.05) is 13.2 Å². The van der Waals surface area contributed by atoms with Gasteiger partial charge in [-0.3, -0.25) is 14.4 Å². The van der Waals surface area contributed by atoms with Gasteiger partial charge >= 0.3 is 17.9 Å². The van der Waals surface area contributed by atoms with E-state index in [0.717, 1.165) is 63.7 Å². The minimum atomic E-state index is -0.760. The molecule has 0 spiro atoms. The maximum atomic E-state index is 12.7. The highest BCUT2D eigenvalue weighted by Crippen LogP contribution is 2.17. The summed E-state index contributed by atoms with van der Waals surface area (Å²) in [5, 5.41) is 0. The molecular weight excluding hydrogens is 685 g/mol. The number of unbranched alkanes of at least 4 members (excludes halogenated alkanes) is 30. The maximum Gasteiger partial charge on any atom is 0.306 e. The summed E-state index contributed by atoms with van der Waals surface area (Å²) in [6.07, 6.45) is 43.8. The molecule has 0 bridgehead atoms. The lowest BCUT2D eigenvalue weighted by atomic mass is 10.00. The van der Waals surface area contributed by atoms with Gasteiger partial charge in [-0.15, -0.1) is 0 Å². The van der Waals surface area contributed by atoms with Crippen molar-refractivity contribution in [1.29, 1.82) is 0 Å². The van der Waals surface area contributed by atoms with Gasteiger partial charge < -0.3 is 14.2 Å². The lowest BCUT2D eigenvalue weighted by Gasteiger charge is -2.18. The van der Waals surface area contributed by atoms with E-state index >= 15 is 0 Å². The highest BCUT2D eigenvalue weighted by atomic mass is 16.6. The quantitative estimate of drug-likeness (QED) is 0.0348. The molecule has 0 fully saturated rings. The van der Waals surface area contributed by atoms with E-state index in [1.165, 1.54) is 167 Å². The molecule has 6 nitrogen and oxygen atoms in total. The number of carbonyl (C=O) groups excluding carboxylic acids is 3. The summed E-state index contributed by atoms with van der Waals surface area (Å²) in [5.41, 5.74) is 0. The van der Waals surface area contributed by atoms with Crippen LogP contribution in [0, 0.1) is 5.92 Å². The van der Waals surface area contributed by atoms with E-state index in [9.17, 15) is 14.4 Å². The number of hydrogen-bond donors (Lipinski definition) is 0. The van der Waals surface area contributed by atoms with Crippen LogP contribution in [0.15, 0.2) is 0 Å². The van der Waals surface area contributed by atoms with Crippen molar-refractivity contribution in [3.8, 4) is 0 Å². The predicted octanol–water partition coefficient (Wildman–Crippen LogP) is 15.5. The summed E-state index contributed by atoms with van der Waals surface area (Å²) in [6.45, 7) is 8.96. The standard InChI is InChI=1S/C49H94O6/c1-5-8-10-12-14-16-17-18-19-20-21-22-23-24-26-28-33-37-41-48(51)54-44-46(43-53-47(50)40-36-32-27-25-15-13-11-9-6-2)55-49(52)42-38-34-30-29-31-35-39-45(4)7-3/h45-46H,5-44H2,1-4H3/t45?,46-/m1/s1. The molecule has 55 heavy (non-hydrogen) atoms. The van der Waals surface area contributed by atoms with Crippen LogP contribution in [0.1, 0.15) is 272 Å². The molecular formula is C49H94O6. The molecule has 0 amide bonds. The molecule has 0 aliphatic heterocycles. The highest BCUT2D eigenvalue weighted by Gasteiger charge is 2.19. The van der Waals surface area contributed by atoms with Gasteiger partial charge in [0.1, 0.15) is 13.2 Å². The smallest absolute Gasteiger partial charge is 0.306 e. The van der Waals surface area contributed by atoms with Gasteiger partial charge in [0.25, 0.3) is 0 Å². The third kappa shape index (κ3) is 41.9. The fraction of sp³-hybridized carbons (Fsp3) is 0.939. The van der Waals surface area contributed by atoms with Crippen molar-refractivity contribution in [3.63, 3.8) is 0 Å². The lowest BCUT2D eigenvalue weighted by molar-refractivity contribution is -0.167. The zero-order valence-corrected chi connectivity index (χ0v) is 37.4. The lowest BCUT2D eigenvalue weighted by Crippen LogP contribution is -2.30. The predicted molar refractivity (Wildman–Crippen MR) is 233 cm³/mol. The second-order valence-electron chi connectivity index (χ2n) is 17.0. The molecule has 0 radical (unpaired) electrons. The first-order valence-electron chi connectivity index (χ1n) is 24.4. The van der Waals surface area contributed by atoms with Gasteiger partial charge in [0.05, 0.1) is 0 Å². The maximum absolute atomic E-state index is 12.7. The topological polar surface area (TPSA) is 78.9 Å². The SMILES string of the molecule is CCCCCCCCCCCCCCCCCCCCC(=O)OC[C@@H](COC(=O)CCCCCCCCCCC)OC(=O)CCCCCCCCC(C)CC. The summed E-state index contributed by atoms with van der Waals surface area (Å²) in [5.74, 6) is -0.0460. The van der Waals surface area contributed by atoms with Gasteiger partial charge in [0, 0.05) is 19.3 Å². The van der Waals surface area contributed by atoms with E-state index in [1.807, 2.05) is 0 Å². The molecule has 2 atom stereocenters. The Bertz CT molecular complexity index is 828. The fourth-order valence-electron chi connectivity index (χ4n) is 7.30. The van der Waals surface area contributed by atoms with Crippen LogP contribution < -0.4 is 0 Å². The van der Waals surface area contributed by atoms with Crippen LogP contribution >= 0.6 is 0 Å². The average Bonchev–Trinajstić information content (AvgIpc) is 3.18. The molecule has 0 rings (SSSR count). The molecule has 0 aliphatic rings.